The number of fused-ring (bicyclic) bond motifs is 3. The normalized spacial score (nSPS) is 35.3. The third-order valence-corrected chi connectivity index (χ3v) is 7.81. The number of aromatic hydroxyl groups is 1. The fraction of sp³-hybridized carbons (Fsp3) is 0.389. The summed E-state index contributed by atoms with van der Waals surface area (Å²) in [6, 6.07) is -0.0673. The van der Waals surface area contributed by atoms with Crippen LogP contribution in [0.3, 0.4) is 0 Å². The molecule has 0 amide bonds. The Kier molecular flexibility index (Phi) is 1.78. The lowest BCUT2D eigenvalue weighted by Crippen LogP contribution is -2.58. The molecule has 1 spiro atoms. The fourth-order valence-electron chi connectivity index (χ4n) is 5.57. The number of allylic oxidation sites excluding steroid dienone is 1. The molecule has 118 valence electrons. The lowest BCUT2D eigenvalue weighted by Gasteiger charge is -2.50. The zero-order valence-corrected chi connectivity index (χ0v) is 13.6. The van der Waals surface area contributed by atoms with Gasteiger partial charge in [0, 0.05) is 33.9 Å². The molecular weight excluding hydrogens is 322 g/mol. The molecule has 7 rings (SSSR count). The smallest absolute Gasteiger partial charge is 0.178 e. The summed E-state index contributed by atoms with van der Waals surface area (Å²) in [5, 5.41) is 12.8. The molecule has 0 unspecified atom stereocenters. The molecule has 1 aromatic carbocycles. The minimum Gasteiger partial charge on any atom is -0.504 e. The predicted octanol–water partition coefficient (Wildman–Crippen LogP) is 1.04. The number of phenolic OH excluding ortho intramolecular Hbond substituents is 1. The van der Waals surface area contributed by atoms with E-state index in [4.69, 9.17) is 4.99 Å². The minimum absolute atomic E-state index is 0.0673. The van der Waals surface area contributed by atoms with E-state index in [2.05, 4.69) is 9.89 Å². The standard InChI is InChI=1S/C18H13N3O2S/c22-9-3-10-18-4-8(9)21-2-1-7-6-19-14-12(7)16(21)13(18)15(17(14)23)20-11(5-18)24-10/h3,6,8,11,23H,1-2,4-5H2/t8-,11-,18-/m0/s1. The van der Waals surface area contributed by atoms with Crippen molar-refractivity contribution in [3.63, 3.8) is 0 Å². The summed E-state index contributed by atoms with van der Waals surface area (Å²) >= 11 is 1.71. The van der Waals surface area contributed by atoms with Crippen LogP contribution in [-0.4, -0.2) is 35.1 Å². The van der Waals surface area contributed by atoms with Crippen LogP contribution in [0.15, 0.2) is 21.0 Å². The molecule has 1 fully saturated rings. The highest BCUT2D eigenvalue weighted by atomic mass is 32.2. The van der Waals surface area contributed by atoms with Crippen LogP contribution in [0.25, 0.3) is 5.57 Å². The van der Waals surface area contributed by atoms with Crippen molar-refractivity contribution in [3.8, 4) is 5.75 Å². The van der Waals surface area contributed by atoms with Crippen molar-refractivity contribution >= 4 is 40.7 Å². The van der Waals surface area contributed by atoms with Crippen molar-refractivity contribution in [3.05, 3.63) is 27.1 Å². The van der Waals surface area contributed by atoms with Crippen molar-refractivity contribution in [2.45, 2.75) is 36.1 Å². The maximum atomic E-state index is 12.8. The summed E-state index contributed by atoms with van der Waals surface area (Å²) in [6.07, 6.45) is 6.42. The first-order valence-electron chi connectivity index (χ1n) is 8.41. The second-order valence-electron chi connectivity index (χ2n) is 7.49. The third-order valence-electron chi connectivity index (χ3n) is 6.50. The number of ketones is 1. The first-order valence-corrected chi connectivity index (χ1v) is 9.29. The quantitative estimate of drug-likeness (QED) is 0.769. The number of rotatable bonds is 0. The van der Waals surface area contributed by atoms with Gasteiger partial charge in [0.15, 0.2) is 11.5 Å². The van der Waals surface area contributed by atoms with Crippen molar-refractivity contribution in [2.75, 3.05) is 11.4 Å². The van der Waals surface area contributed by atoms with Crippen molar-refractivity contribution < 1.29 is 9.90 Å². The van der Waals surface area contributed by atoms with Crippen LogP contribution in [0.4, 0.5) is 11.4 Å². The maximum Gasteiger partial charge on any atom is 0.178 e. The van der Waals surface area contributed by atoms with Gasteiger partial charge < -0.3 is 10.0 Å². The lowest BCUT2D eigenvalue weighted by atomic mass is 9.64. The van der Waals surface area contributed by atoms with Gasteiger partial charge in [-0.2, -0.15) is 0 Å². The third kappa shape index (κ3) is 1.06. The zero-order chi connectivity index (χ0) is 15.8. The fourth-order valence-corrected chi connectivity index (χ4v) is 7.07. The summed E-state index contributed by atoms with van der Waals surface area (Å²) in [5.74, 6) is 0.463. The molecule has 24 heavy (non-hydrogen) atoms. The monoisotopic (exact) mass is 335 g/mol. The number of nitrogens with zero attached hydrogens (tertiary/aromatic N) is 3. The number of benzene rings is 1. The number of phenols is 1. The Bertz CT molecular complexity index is 1100. The van der Waals surface area contributed by atoms with Crippen LogP contribution >= 0.6 is 11.8 Å². The Morgan fingerprint density at radius 2 is 2.29 bits per heavy atom. The molecule has 1 N–H and O–H groups in total. The van der Waals surface area contributed by atoms with Crippen LogP contribution in [0.2, 0.25) is 0 Å². The van der Waals surface area contributed by atoms with E-state index in [1.54, 1.807) is 11.8 Å². The van der Waals surface area contributed by atoms with E-state index in [1.165, 1.54) is 5.57 Å². The van der Waals surface area contributed by atoms with Crippen molar-refractivity contribution in [2.24, 2.45) is 9.98 Å². The van der Waals surface area contributed by atoms with Crippen LogP contribution in [0.5, 0.6) is 5.75 Å². The molecule has 0 radical (unpaired) electrons. The van der Waals surface area contributed by atoms with Gasteiger partial charge in [0.05, 0.1) is 11.7 Å². The van der Waals surface area contributed by atoms with Gasteiger partial charge in [-0.25, -0.2) is 0 Å². The zero-order valence-electron chi connectivity index (χ0n) is 12.7. The summed E-state index contributed by atoms with van der Waals surface area (Å²) in [6.45, 7) is 0.844. The predicted molar refractivity (Wildman–Crippen MR) is 91.6 cm³/mol. The van der Waals surface area contributed by atoms with Gasteiger partial charge in [-0.05, 0) is 30.9 Å². The highest BCUT2D eigenvalue weighted by molar-refractivity contribution is 8.04. The molecule has 1 saturated heterocycles. The van der Waals surface area contributed by atoms with E-state index in [0.29, 0.717) is 5.69 Å². The topological polar surface area (TPSA) is 65.3 Å². The summed E-state index contributed by atoms with van der Waals surface area (Å²) in [7, 11) is 0. The molecule has 0 saturated carbocycles. The van der Waals surface area contributed by atoms with E-state index in [9.17, 15) is 9.90 Å². The molecule has 6 heteroatoms. The molecule has 5 heterocycles. The molecule has 5 nitrogen and oxygen atoms in total. The van der Waals surface area contributed by atoms with Gasteiger partial charge in [0.25, 0.3) is 0 Å². The van der Waals surface area contributed by atoms with Crippen molar-refractivity contribution in [1.29, 1.82) is 0 Å². The van der Waals surface area contributed by atoms with E-state index in [1.807, 2.05) is 12.3 Å². The number of carbonyl (C=O) groups excluding carboxylic acids is 1. The Morgan fingerprint density at radius 3 is 3.21 bits per heavy atom. The number of thioether (sulfide) groups is 1. The van der Waals surface area contributed by atoms with Crippen LogP contribution in [-0.2, 0) is 10.2 Å². The molecule has 3 atom stereocenters. The summed E-state index contributed by atoms with van der Waals surface area (Å²) < 4.78 is 0. The SMILES string of the molecule is O=C1C=C2S[C@H]3C[C@@]24C[C@@H]1N1CCC2=c5c(c(O)c(c4c51)=N3)N=C2. The van der Waals surface area contributed by atoms with Crippen LogP contribution in [0, 0.1) is 0 Å². The van der Waals surface area contributed by atoms with Crippen LogP contribution in [0.1, 0.15) is 24.8 Å². The molecular formula is C18H13N3O2S. The second kappa shape index (κ2) is 3.47. The molecule has 1 aromatic rings. The Balaban J connectivity index is 1.78. The van der Waals surface area contributed by atoms with Gasteiger partial charge in [-0.15, -0.1) is 11.8 Å². The largest absolute Gasteiger partial charge is 0.504 e. The number of hydrogen-bond acceptors (Lipinski definition) is 6. The van der Waals surface area contributed by atoms with E-state index < -0.39 is 0 Å². The average Bonchev–Trinajstić information content (AvgIpc) is 3.11. The highest BCUT2D eigenvalue weighted by Gasteiger charge is 2.59. The number of carbonyl (C=O) groups is 1. The van der Waals surface area contributed by atoms with E-state index in [-0.39, 0.29) is 28.4 Å². The first kappa shape index (κ1) is 12.3. The highest BCUT2D eigenvalue weighted by Crippen LogP contribution is 2.62. The Hall–Kier alpha value is -2.08. The first-order chi connectivity index (χ1) is 11.7. The summed E-state index contributed by atoms with van der Waals surface area (Å²) in [5.41, 5.74) is 4.03. The van der Waals surface area contributed by atoms with Gasteiger partial charge in [0.1, 0.15) is 16.4 Å². The number of anilines is 1. The van der Waals surface area contributed by atoms with Gasteiger partial charge in [-0.1, -0.05) is 0 Å². The second-order valence-corrected chi connectivity index (χ2v) is 8.71. The van der Waals surface area contributed by atoms with Gasteiger partial charge in [-0.3, -0.25) is 14.8 Å². The molecule has 1 aliphatic carbocycles. The maximum absolute atomic E-state index is 12.8. The summed E-state index contributed by atoms with van der Waals surface area (Å²) in [4.78, 5) is 25.6. The average molecular weight is 335 g/mol. The molecule has 3 bridgehead atoms. The number of hydrogen-bond donors (Lipinski definition) is 1. The molecule has 5 aliphatic heterocycles. The van der Waals surface area contributed by atoms with E-state index in [0.717, 1.165) is 52.5 Å². The number of aliphatic imine (C=N–C) groups is 1. The van der Waals surface area contributed by atoms with Crippen LogP contribution < -0.4 is 15.5 Å². The Morgan fingerprint density at radius 1 is 1.38 bits per heavy atom. The molecule has 6 aliphatic rings. The molecule has 0 aromatic heterocycles. The van der Waals surface area contributed by atoms with Gasteiger partial charge >= 0.3 is 0 Å². The lowest BCUT2D eigenvalue weighted by molar-refractivity contribution is -0.117. The van der Waals surface area contributed by atoms with E-state index >= 15 is 0 Å². The van der Waals surface area contributed by atoms with Gasteiger partial charge in [0.2, 0.25) is 0 Å². The van der Waals surface area contributed by atoms with Crippen molar-refractivity contribution in [1.82, 2.24) is 0 Å². The minimum atomic E-state index is -0.117. The Labute approximate surface area is 141 Å².